The third-order valence-electron chi connectivity index (χ3n) is 3.52. The van der Waals surface area contributed by atoms with Crippen molar-refractivity contribution in [3.63, 3.8) is 0 Å². The van der Waals surface area contributed by atoms with Gasteiger partial charge in [0.25, 0.3) is 0 Å². The summed E-state index contributed by atoms with van der Waals surface area (Å²) in [6.07, 6.45) is 4.91. The zero-order valence-corrected chi connectivity index (χ0v) is 11.3. The largest absolute Gasteiger partial charge is 0.512 e. The Morgan fingerprint density at radius 3 is 2.63 bits per heavy atom. The fraction of sp³-hybridized carbons (Fsp3) is 0.438. The van der Waals surface area contributed by atoms with Gasteiger partial charge in [0, 0.05) is 6.42 Å². The monoisotopic (exact) mass is 260 g/mol. The van der Waals surface area contributed by atoms with Gasteiger partial charge in [-0.15, -0.1) is 0 Å². The summed E-state index contributed by atoms with van der Waals surface area (Å²) in [5.41, 5.74) is 0.684. The van der Waals surface area contributed by atoms with Gasteiger partial charge >= 0.3 is 5.97 Å². The van der Waals surface area contributed by atoms with Gasteiger partial charge in [0.2, 0.25) is 0 Å². The van der Waals surface area contributed by atoms with E-state index >= 15 is 0 Å². The lowest BCUT2D eigenvalue weighted by Crippen LogP contribution is -2.38. The number of aryl methyl sites for hydroxylation is 1. The van der Waals surface area contributed by atoms with E-state index in [4.69, 9.17) is 4.74 Å². The minimum atomic E-state index is -0.541. The summed E-state index contributed by atoms with van der Waals surface area (Å²) in [6.45, 7) is 2.06. The molecule has 1 aromatic carbocycles. The molecule has 3 heteroatoms. The lowest BCUT2D eigenvalue weighted by Gasteiger charge is -2.35. The number of benzene rings is 1. The summed E-state index contributed by atoms with van der Waals surface area (Å²) >= 11 is 0. The Morgan fingerprint density at radius 2 is 2.00 bits per heavy atom. The first-order valence-corrected chi connectivity index (χ1v) is 6.80. The van der Waals surface area contributed by atoms with Gasteiger partial charge in [-0.25, -0.2) is 4.79 Å². The van der Waals surface area contributed by atoms with Gasteiger partial charge in [0.15, 0.2) is 0 Å². The van der Waals surface area contributed by atoms with Crippen molar-refractivity contribution in [2.24, 2.45) is 0 Å². The third kappa shape index (κ3) is 3.60. The minimum Gasteiger partial charge on any atom is -0.512 e. The maximum absolute atomic E-state index is 11.5. The molecule has 1 aliphatic heterocycles. The van der Waals surface area contributed by atoms with Gasteiger partial charge in [-0.3, -0.25) is 0 Å². The van der Waals surface area contributed by atoms with Crippen molar-refractivity contribution in [1.82, 2.24) is 0 Å². The Kier molecular flexibility index (Phi) is 4.25. The molecular weight excluding hydrogens is 240 g/mol. The van der Waals surface area contributed by atoms with Crippen LogP contribution in [0.5, 0.6) is 0 Å². The molecule has 0 aromatic heterocycles. The van der Waals surface area contributed by atoms with Gasteiger partial charge in [0.05, 0.1) is 6.08 Å². The van der Waals surface area contributed by atoms with Crippen LogP contribution in [0, 0.1) is 0 Å². The molecule has 1 aromatic rings. The molecule has 1 N–H and O–H groups in total. The van der Waals surface area contributed by atoms with Crippen LogP contribution in [0.25, 0.3) is 0 Å². The van der Waals surface area contributed by atoms with Crippen molar-refractivity contribution >= 4 is 5.97 Å². The normalized spacial score (nSPS) is 22.8. The molecule has 19 heavy (non-hydrogen) atoms. The molecule has 102 valence electrons. The molecule has 0 saturated heterocycles. The second-order valence-electron chi connectivity index (χ2n) is 5.15. The van der Waals surface area contributed by atoms with Crippen molar-refractivity contribution < 1.29 is 14.6 Å². The quantitative estimate of drug-likeness (QED) is 0.823. The number of esters is 1. The Bertz CT molecular complexity index is 464. The Labute approximate surface area is 113 Å². The highest BCUT2D eigenvalue weighted by molar-refractivity contribution is 5.83. The highest BCUT2D eigenvalue weighted by atomic mass is 16.6. The molecule has 2 rings (SSSR count). The second kappa shape index (κ2) is 5.91. The summed E-state index contributed by atoms with van der Waals surface area (Å²) in [5.74, 6) is -0.289. The van der Waals surface area contributed by atoms with Crippen LogP contribution in [-0.2, 0) is 16.0 Å². The van der Waals surface area contributed by atoms with Gasteiger partial charge in [0.1, 0.15) is 11.4 Å². The molecule has 1 atom stereocenters. The average molecular weight is 260 g/mol. The number of ether oxygens (including phenoxy) is 1. The summed E-state index contributed by atoms with van der Waals surface area (Å²) in [6, 6.07) is 10.1. The Balaban J connectivity index is 2.08. The minimum absolute atomic E-state index is 0.137. The molecule has 0 bridgehead atoms. The highest BCUT2D eigenvalue weighted by Gasteiger charge is 2.37. The molecule has 0 saturated carbocycles. The van der Waals surface area contributed by atoms with E-state index in [0.717, 1.165) is 25.7 Å². The van der Waals surface area contributed by atoms with Crippen LogP contribution in [0.15, 0.2) is 42.2 Å². The molecule has 0 fully saturated rings. The van der Waals surface area contributed by atoms with Crippen molar-refractivity contribution in [3.05, 3.63) is 47.7 Å². The van der Waals surface area contributed by atoms with Crippen LogP contribution in [0.4, 0.5) is 0 Å². The van der Waals surface area contributed by atoms with Gasteiger partial charge in [-0.05, 0) is 24.8 Å². The van der Waals surface area contributed by atoms with Crippen molar-refractivity contribution in [1.29, 1.82) is 0 Å². The second-order valence-corrected chi connectivity index (χ2v) is 5.15. The predicted molar refractivity (Wildman–Crippen MR) is 73.8 cm³/mol. The number of hydrogen-bond donors (Lipinski definition) is 1. The van der Waals surface area contributed by atoms with E-state index in [-0.39, 0.29) is 5.76 Å². The lowest BCUT2D eigenvalue weighted by molar-refractivity contribution is -0.158. The molecule has 0 spiro atoms. The van der Waals surface area contributed by atoms with Crippen LogP contribution >= 0.6 is 0 Å². The zero-order chi connectivity index (χ0) is 13.7. The van der Waals surface area contributed by atoms with E-state index in [1.54, 1.807) is 0 Å². The van der Waals surface area contributed by atoms with Crippen molar-refractivity contribution in [2.45, 2.75) is 44.6 Å². The van der Waals surface area contributed by atoms with E-state index in [1.165, 1.54) is 11.6 Å². The first-order chi connectivity index (χ1) is 9.13. The van der Waals surface area contributed by atoms with Crippen LogP contribution in [-0.4, -0.2) is 16.7 Å². The molecule has 1 aliphatic rings. The number of carbonyl (C=O) groups is 1. The summed E-state index contributed by atoms with van der Waals surface area (Å²) < 4.78 is 5.53. The number of cyclic esters (lactones) is 1. The molecule has 1 heterocycles. The molecule has 0 radical (unpaired) electrons. The maximum atomic E-state index is 11.5. The number of carbonyl (C=O) groups excluding carboxylic acids is 1. The van der Waals surface area contributed by atoms with Crippen LogP contribution in [0.1, 0.15) is 38.2 Å². The molecule has 0 aliphatic carbocycles. The summed E-state index contributed by atoms with van der Waals surface area (Å²) in [7, 11) is 0. The van der Waals surface area contributed by atoms with E-state index in [1.807, 2.05) is 18.2 Å². The zero-order valence-electron chi connectivity index (χ0n) is 11.3. The smallest absolute Gasteiger partial charge is 0.334 e. The number of hydrogen-bond acceptors (Lipinski definition) is 3. The van der Waals surface area contributed by atoms with Gasteiger partial charge in [-0.2, -0.15) is 0 Å². The van der Waals surface area contributed by atoms with Crippen LogP contribution < -0.4 is 0 Å². The highest BCUT2D eigenvalue weighted by Crippen LogP contribution is 2.34. The molecule has 0 unspecified atom stereocenters. The average Bonchev–Trinajstić information content (AvgIpc) is 2.37. The van der Waals surface area contributed by atoms with Crippen LogP contribution in [0.2, 0.25) is 0 Å². The number of rotatable bonds is 5. The van der Waals surface area contributed by atoms with E-state index in [9.17, 15) is 9.90 Å². The first kappa shape index (κ1) is 13.7. The summed E-state index contributed by atoms with van der Waals surface area (Å²) in [4.78, 5) is 11.5. The summed E-state index contributed by atoms with van der Waals surface area (Å²) in [5, 5.41) is 9.70. The fourth-order valence-corrected chi connectivity index (χ4v) is 2.67. The van der Waals surface area contributed by atoms with E-state index in [0.29, 0.717) is 6.42 Å². The van der Waals surface area contributed by atoms with Crippen molar-refractivity contribution in [3.8, 4) is 0 Å². The fourth-order valence-electron chi connectivity index (χ4n) is 2.67. The Morgan fingerprint density at radius 1 is 1.26 bits per heavy atom. The lowest BCUT2D eigenvalue weighted by atomic mass is 9.85. The van der Waals surface area contributed by atoms with Crippen LogP contribution in [0.3, 0.4) is 0 Å². The van der Waals surface area contributed by atoms with E-state index in [2.05, 4.69) is 19.1 Å². The Hall–Kier alpha value is -1.77. The molecular formula is C16H20O3. The number of aliphatic hydroxyl groups excluding tert-OH is 1. The standard InChI is InChI=1S/C16H20O3/c1-2-9-16(12-14(17)11-15(18)19-16)10-8-13-6-4-3-5-7-13/h3-7,11,17H,2,8-10,12H2,1H3/t16-/m1/s1. The predicted octanol–water partition coefficient (Wildman–Crippen LogP) is 3.55. The SMILES string of the molecule is CCC[C@@]1(CCc2ccccc2)CC(O)=CC(=O)O1. The maximum Gasteiger partial charge on any atom is 0.334 e. The topological polar surface area (TPSA) is 46.5 Å². The molecule has 3 nitrogen and oxygen atoms in total. The van der Waals surface area contributed by atoms with Gasteiger partial charge < -0.3 is 9.84 Å². The van der Waals surface area contributed by atoms with Gasteiger partial charge in [-0.1, -0.05) is 43.7 Å². The first-order valence-electron chi connectivity index (χ1n) is 6.80. The number of aliphatic hydroxyl groups is 1. The third-order valence-corrected chi connectivity index (χ3v) is 3.52. The molecule has 0 amide bonds. The van der Waals surface area contributed by atoms with E-state index < -0.39 is 11.6 Å². The van der Waals surface area contributed by atoms with Crippen molar-refractivity contribution in [2.75, 3.05) is 0 Å².